The van der Waals surface area contributed by atoms with Gasteiger partial charge >= 0.3 is 13.4 Å². The highest BCUT2D eigenvalue weighted by Gasteiger charge is 2.44. The van der Waals surface area contributed by atoms with Crippen LogP contribution in [-0.2, 0) is 24.2 Å². The summed E-state index contributed by atoms with van der Waals surface area (Å²) in [5.41, 5.74) is 0.748. The fraction of sp³-hybridized carbons (Fsp3) is 0.237. The normalized spacial score (nSPS) is 18.5. The van der Waals surface area contributed by atoms with E-state index in [1.54, 1.807) is 44.6 Å². The molecular formula is C38H37FN3O8P. The minimum absolute atomic E-state index is 0.0313. The lowest BCUT2D eigenvalue weighted by Crippen LogP contribution is -2.38. The Morgan fingerprint density at radius 1 is 0.882 bits per heavy atom. The zero-order valence-electron chi connectivity index (χ0n) is 28.2. The second kappa shape index (κ2) is 15.4. The van der Waals surface area contributed by atoms with Gasteiger partial charge in [0.25, 0.3) is 5.91 Å². The number of benzene rings is 4. The monoisotopic (exact) mass is 713 g/mol. The van der Waals surface area contributed by atoms with Crippen molar-refractivity contribution in [1.82, 2.24) is 9.55 Å². The van der Waals surface area contributed by atoms with E-state index >= 15 is 0 Å². The second-order valence-electron chi connectivity index (χ2n) is 11.9. The van der Waals surface area contributed by atoms with Crippen molar-refractivity contribution in [2.75, 3.05) is 32.8 Å². The van der Waals surface area contributed by atoms with Crippen LogP contribution in [0.25, 0.3) is 0 Å². The van der Waals surface area contributed by atoms with E-state index in [1.165, 1.54) is 16.8 Å². The number of halogens is 1. The first-order chi connectivity index (χ1) is 24.6. The molecule has 1 fully saturated rings. The molecule has 1 amide bonds. The number of hydrogen-bond acceptors (Lipinski definition) is 9. The third-order valence-electron chi connectivity index (χ3n) is 8.56. The SMILES string of the molecule is COc1ccc(C(OC[C@H]2O[C@@H](n3ccc(NC(=O)c4ccccc4)nc3=O)C[C@@H]2OP(C)(=O)F)(c2ccccc2)c2ccc(OC)cc2)cc1. The van der Waals surface area contributed by atoms with Gasteiger partial charge in [0.15, 0.2) is 0 Å². The molecule has 1 aromatic heterocycles. The Bertz CT molecular complexity index is 1990. The number of carbonyl (C=O) groups is 1. The molecule has 264 valence electrons. The average Bonchev–Trinajstić information content (AvgIpc) is 3.53. The van der Waals surface area contributed by atoms with Gasteiger partial charge in [-0.3, -0.25) is 18.5 Å². The van der Waals surface area contributed by atoms with Crippen LogP contribution in [0, 0.1) is 0 Å². The number of ether oxygens (including phenoxy) is 4. The van der Waals surface area contributed by atoms with Crippen molar-refractivity contribution in [3.8, 4) is 11.5 Å². The van der Waals surface area contributed by atoms with Gasteiger partial charge in [0.2, 0.25) is 0 Å². The highest BCUT2D eigenvalue weighted by atomic mass is 31.2. The van der Waals surface area contributed by atoms with Crippen molar-refractivity contribution in [1.29, 1.82) is 0 Å². The van der Waals surface area contributed by atoms with E-state index in [2.05, 4.69) is 10.3 Å². The molecule has 51 heavy (non-hydrogen) atoms. The number of methoxy groups -OCH3 is 2. The lowest BCUT2D eigenvalue weighted by Gasteiger charge is -2.37. The lowest BCUT2D eigenvalue weighted by atomic mass is 9.80. The van der Waals surface area contributed by atoms with Crippen LogP contribution in [0.2, 0.25) is 0 Å². The van der Waals surface area contributed by atoms with Gasteiger partial charge in [-0.05, 0) is 59.2 Å². The molecule has 1 aliphatic rings. The summed E-state index contributed by atoms with van der Waals surface area (Å²) < 4.78 is 57.7. The number of aromatic nitrogens is 2. The minimum atomic E-state index is -4.51. The first kappa shape index (κ1) is 35.7. The maximum absolute atomic E-state index is 14.6. The van der Waals surface area contributed by atoms with Gasteiger partial charge in [-0.15, -0.1) is 0 Å². The molecule has 0 bridgehead atoms. The van der Waals surface area contributed by atoms with Gasteiger partial charge in [0, 0.05) is 24.8 Å². The summed E-state index contributed by atoms with van der Waals surface area (Å²) in [4.78, 5) is 29.9. The third kappa shape index (κ3) is 8.10. The molecule has 4 aromatic carbocycles. The molecule has 13 heteroatoms. The second-order valence-corrected chi connectivity index (χ2v) is 13.6. The number of nitrogens with zero attached hydrogens (tertiary/aromatic N) is 2. The van der Waals surface area contributed by atoms with Crippen molar-refractivity contribution in [2.45, 2.75) is 30.5 Å². The Morgan fingerprint density at radius 2 is 1.43 bits per heavy atom. The molecule has 0 aliphatic carbocycles. The molecular weight excluding hydrogens is 676 g/mol. The summed E-state index contributed by atoms with van der Waals surface area (Å²) in [5, 5.41) is 2.61. The van der Waals surface area contributed by atoms with Gasteiger partial charge in [0.1, 0.15) is 41.4 Å². The molecule has 6 rings (SSSR count). The highest BCUT2D eigenvalue weighted by molar-refractivity contribution is 7.52. The largest absolute Gasteiger partial charge is 0.497 e. The number of rotatable bonds is 13. The van der Waals surface area contributed by atoms with E-state index in [4.69, 9.17) is 23.5 Å². The maximum Gasteiger partial charge on any atom is 0.364 e. The summed E-state index contributed by atoms with van der Waals surface area (Å²) in [6.07, 6.45) is -1.60. The molecule has 11 nitrogen and oxygen atoms in total. The van der Waals surface area contributed by atoms with Gasteiger partial charge in [-0.2, -0.15) is 9.18 Å². The van der Waals surface area contributed by atoms with E-state index < -0.39 is 43.3 Å². The fourth-order valence-electron chi connectivity index (χ4n) is 6.13. The summed E-state index contributed by atoms with van der Waals surface area (Å²) in [6.45, 7) is 0.709. The van der Waals surface area contributed by atoms with Gasteiger partial charge < -0.3 is 24.3 Å². The van der Waals surface area contributed by atoms with E-state index in [0.29, 0.717) is 17.1 Å². The van der Waals surface area contributed by atoms with Crippen molar-refractivity contribution < 1.29 is 37.0 Å². The van der Waals surface area contributed by atoms with Crippen LogP contribution in [0.5, 0.6) is 11.5 Å². The van der Waals surface area contributed by atoms with E-state index in [-0.39, 0.29) is 18.8 Å². The topological polar surface area (TPSA) is 127 Å². The van der Waals surface area contributed by atoms with Gasteiger partial charge in [-0.25, -0.2) is 4.79 Å². The number of hydrogen-bond donors (Lipinski definition) is 1. The Labute approximate surface area is 294 Å². The van der Waals surface area contributed by atoms with E-state index in [9.17, 15) is 18.4 Å². The zero-order valence-corrected chi connectivity index (χ0v) is 29.1. The zero-order chi connectivity index (χ0) is 36.0. The molecule has 5 aromatic rings. The quantitative estimate of drug-likeness (QED) is 0.102. The minimum Gasteiger partial charge on any atom is -0.497 e. The average molecular weight is 714 g/mol. The Hall–Kier alpha value is -5.13. The molecule has 1 aliphatic heterocycles. The molecule has 1 N–H and O–H groups in total. The fourth-order valence-corrected chi connectivity index (χ4v) is 6.84. The summed E-state index contributed by atoms with van der Waals surface area (Å²) in [5.74, 6) is 0.916. The van der Waals surface area contributed by atoms with Crippen LogP contribution in [0.4, 0.5) is 10.0 Å². The first-order valence-electron chi connectivity index (χ1n) is 16.1. The van der Waals surface area contributed by atoms with Crippen molar-refractivity contribution in [3.05, 3.63) is 154 Å². The van der Waals surface area contributed by atoms with Crippen LogP contribution in [0.15, 0.2) is 126 Å². The predicted molar refractivity (Wildman–Crippen MR) is 189 cm³/mol. The van der Waals surface area contributed by atoms with Crippen molar-refractivity contribution in [2.24, 2.45) is 0 Å². The molecule has 1 unspecified atom stereocenters. The molecule has 0 spiro atoms. The van der Waals surface area contributed by atoms with Crippen molar-refractivity contribution in [3.63, 3.8) is 0 Å². The summed E-state index contributed by atoms with van der Waals surface area (Å²) in [6, 6.07) is 34.4. The Morgan fingerprint density at radius 3 is 1.96 bits per heavy atom. The Balaban J connectivity index is 1.33. The first-order valence-corrected chi connectivity index (χ1v) is 18.1. The summed E-state index contributed by atoms with van der Waals surface area (Å²) in [7, 11) is -1.34. The molecule has 4 atom stereocenters. The molecule has 2 heterocycles. The lowest BCUT2D eigenvalue weighted by molar-refractivity contribution is -0.0918. The molecule has 0 radical (unpaired) electrons. The predicted octanol–water partition coefficient (Wildman–Crippen LogP) is 6.99. The number of anilines is 1. The number of amides is 1. The van der Waals surface area contributed by atoms with Crippen LogP contribution in [0.1, 0.15) is 39.7 Å². The van der Waals surface area contributed by atoms with E-state index in [0.717, 1.165) is 23.4 Å². The third-order valence-corrected chi connectivity index (χ3v) is 9.21. The van der Waals surface area contributed by atoms with Gasteiger partial charge in [-0.1, -0.05) is 72.8 Å². The van der Waals surface area contributed by atoms with Crippen LogP contribution >= 0.6 is 7.68 Å². The highest BCUT2D eigenvalue weighted by Crippen LogP contribution is 2.49. The van der Waals surface area contributed by atoms with Crippen LogP contribution < -0.4 is 20.5 Å². The number of carbonyl (C=O) groups excluding carboxylic acids is 1. The van der Waals surface area contributed by atoms with Crippen LogP contribution in [0.3, 0.4) is 0 Å². The van der Waals surface area contributed by atoms with Crippen molar-refractivity contribution >= 4 is 19.4 Å². The smallest absolute Gasteiger partial charge is 0.364 e. The Kier molecular flexibility index (Phi) is 10.8. The molecule has 0 saturated carbocycles. The molecule has 1 saturated heterocycles. The summed E-state index contributed by atoms with van der Waals surface area (Å²) >= 11 is 0. The van der Waals surface area contributed by atoms with Gasteiger partial charge in [0.05, 0.1) is 20.8 Å². The standard InChI is InChI=1S/C38H37FN3O8P/c1-46-30-18-14-28(15-19-30)38(27-12-8-5-9-13-27,29-16-20-31(47-2)21-17-29)48-25-33-32(50-51(3,39)45)24-35(49-33)42-23-22-34(41-37(42)44)40-36(43)26-10-6-4-7-11-26/h4-23,32-33,35H,24-25H2,1-3H3,(H,40,41,43,44)/t32-,33+,35+,51?/m0/s1. The maximum atomic E-state index is 14.6. The van der Waals surface area contributed by atoms with Crippen LogP contribution in [-0.4, -0.2) is 55.2 Å². The number of nitrogens with one attached hydrogen (secondary N) is 1. The van der Waals surface area contributed by atoms with E-state index in [1.807, 2.05) is 78.9 Å².